The molecular formula is C11H13BrF3N3O. The van der Waals surface area contributed by atoms with Crippen molar-refractivity contribution in [3.8, 4) is 5.75 Å². The van der Waals surface area contributed by atoms with Crippen molar-refractivity contribution in [2.24, 2.45) is 11.6 Å². The molecule has 0 spiro atoms. The van der Waals surface area contributed by atoms with Crippen molar-refractivity contribution in [2.45, 2.75) is 11.8 Å². The summed E-state index contributed by atoms with van der Waals surface area (Å²) < 4.78 is 43.4. The van der Waals surface area contributed by atoms with Crippen LogP contribution in [-0.2, 0) is 5.33 Å². The Hall–Kier alpha value is -1.41. The van der Waals surface area contributed by atoms with Crippen LogP contribution in [0.25, 0.3) is 0 Å². The third-order valence-corrected chi connectivity index (χ3v) is 2.92. The summed E-state index contributed by atoms with van der Waals surface area (Å²) in [5.41, 5.74) is 4.78. The van der Waals surface area contributed by atoms with E-state index in [-0.39, 0.29) is 22.3 Å². The van der Waals surface area contributed by atoms with Crippen molar-refractivity contribution in [2.75, 3.05) is 12.1 Å². The number of methoxy groups -OCH3 is 1. The maximum absolute atomic E-state index is 14.0. The van der Waals surface area contributed by atoms with E-state index >= 15 is 0 Å². The number of nitrogens with two attached hydrogens (primary N) is 2. The molecule has 0 aliphatic heterocycles. The van der Waals surface area contributed by atoms with E-state index in [0.29, 0.717) is 0 Å². The van der Waals surface area contributed by atoms with E-state index in [0.717, 1.165) is 11.2 Å². The zero-order valence-electron chi connectivity index (χ0n) is 10.0. The number of allylic oxidation sites excluding steroid dienone is 1. The van der Waals surface area contributed by atoms with Crippen molar-refractivity contribution in [1.82, 2.24) is 0 Å². The SMILES string of the molecule is COc1ccc(N(N)/C=C(\N)C(F)F)c(CBr)c1F. The Morgan fingerprint density at radius 2 is 2.16 bits per heavy atom. The topological polar surface area (TPSA) is 64.5 Å². The van der Waals surface area contributed by atoms with Gasteiger partial charge < -0.3 is 10.5 Å². The second kappa shape index (κ2) is 6.67. The standard InChI is InChI=1S/C11H13BrF3N3O/c1-19-9-3-2-8(6(4-12)10(9)13)18(17)5-7(16)11(14)15/h2-3,5,11H,4,16-17H2,1H3/b7-5-. The normalized spacial score (nSPS) is 11.8. The summed E-state index contributed by atoms with van der Waals surface area (Å²) in [5.74, 6) is 5.01. The maximum atomic E-state index is 14.0. The van der Waals surface area contributed by atoms with Gasteiger partial charge in [-0.2, -0.15) is 0 Å². The minimum absolute atomic E-state index is 0.0393. The first-order valence-corrected chi connectivity index (χ1v) is 6.25. The monoisotopic (exact) mass is 339 g/mol. The van der Waals surface area contributed by atoms with Crippen molar-refractivity contribution in [3.63, 3.8) is 0 Å². The number of hydrogen-bond donors (Lipinski definition) is 2. The fourth-order valence-corrected chi connectivity index (χ4v) is 1.94. The average Bonchev–Trinajstić information content (AvgIpc) is 2.37. The highest BCUT2D eigenvalue weighted by Crippen LogP contribution is 2.30. The van der Waals surface area contributed by atoms with Gasteiger partial charge in [0, 0.05) is 17.1 Å². The molecule has 1 aromatic rings. The number of halogens is 4. The molecule has 0 unspecified atom stereocenters. The zero-order chi connectivity index (χ0) is 14.6. The number of alkyl halides is 3. The van der Waals surface area contributed by atoms with Crippen LogP contribution in [0.2, 0.25) is 0 Å². The van der Waals surface area contributed by atoms with E-state index in [4.69, 9.17) is 16.3 Å². The lowest BCUT2D eigenvalue weighted by molar-refractivity contribution is 0.187. The molecule has 4 nitrogen and oxygen atoms in total. The summed E-state index contributed by atoms with van der Waals surface area (Å²) in [5, 5.41) is 0.988. The highest BCUT2D eigenvalue weighted by molar-refractivity contribution is 9.08. The Labute approximate surface area is 116 Å². The Balaban J connectivity index is 3.20. The van der Waals surface area contributed by atoms with Crippen molar-refractivity contribution in [1.29, 1.82) is 0 Å². The number of hydrazine groups is 1. The number of nitrogens with zero attached hydrogens (tertiary/aromatic N) is 1. The van der Waals surface area contributed by atoms with Gasteiger partial charge in [0.25, 0.3) is 6.43 Å². The number of benzene rings is 1. The lowest BCUT2D eigenvalue weighted by atomic mass is 10.1. The van der Waals surface area contributed by atoms with Crippen LogP contribution in [-0.4, -0.2) is 13.5 Å². The lowest BCUT2D eigenvalue weighted by Gasteiger charge is -2.19. The zero-order valence-corrected chi connectivity index (χ0v) is 11.6. The number of ether oxygens (including phenoxy) is 1. The molecule has 0 radical (unpaired) electrons. The molecule has 1 rings (SSSR count). The highest BCUT2D eigenvalue weighted by atomic mass is 79.9. The first-order chi connectivity index (χ1) is 8.92. The molecule has 1 aromatic carbocycles. The van der Waals surface area contributed by atoms with E-state index in [9.17, 15) is 13.2 Å². The van der Waals surface area contributed by atoms with Gasteiger partial charge in [0.1, 0.15) is 0 Å². The van der Waals surface area contributed by atoms with Crippen LogP contribution in [0.15, 0.2) is 24.0 Å². The van der Waals surface area contributed by atoms with E-state index in [1.165, 1.54) is 19.2 Å². The largest absolute Gasteiger partial charge is 0.494 e. The van der Waals surface area contributed by atoms with Gasteiger partial charge >= 0.3 is 0 Å². The third-order valence-electron chi connectivity index (χ3n) is 2.35. The molecule has 0 aliphatic rings. The number of hydrogen-bond acceptors (Lipinski definition) is 4. The molecule has 0 aromatic heterocycles. The summed E-state index contributed by atoms with van der Waals surface area (Å²) >= 11 is 3.11. The molecule has 8 heteroatoms. The molecule has 0 saturated heterocycles. The molecule has 0 saturated carbocycles. The van der Waals surface area contributed by atoms with Crippen molar-refractivity contribution < 1.29 is 17.9 Å². The lowest BCUT2D eigenvalue weighted by Crippen LogP contribution is -2.28. The quantitative estimate of drug-likeness (QED) is 0.491. The van der Waals surface area contributed by atoms with E-state index in [1.807, 2.05) is 0 Å². The predicted octanol–water partition coefficient (Wildman–Crippen LogP) is 2.47. The number of rotatable bonds is 5. The van der Waals surface area contributed by atoms with Gasteiger partial charge in [-0.05, 0) is 12.1 Å². The van der Waals surface area contributed by atoms with Gasteiger partial charge in [0.2, 0.25) is 0 Å². The van der Waals surface area contributed by atoms with E-state index in [2.05, 4.69) is 15.9 Å². The smallest absolute Gasteiger partial charge is 0.279 e. The Kier molecular flexibility index (Phi) is 5.49. The first-order valence-electron chi connectivity index (χ1n) is 5.13. The summed E-state index contributed by atoms with van der Waals surface area (Å²) in [7, 11) is 1.32. The molecule has 19 heavy (non-hydrogen) atoms. The summed E-state index contributed by atoms with van der Waals surface area (Å²) in [4.78, 5) is 0. The van der Waals surface area contributed by atoms with Gasteiger partial charge in [0.15, 0.2) is 11.6 Å². The summed E-state index contributed by atoms with van der Waals surface area (Å²) in [6, 6.07) is 2.80. The average molecular weight is 340 g/mol. The third kappa shape index (κ3) is 3.54. The van der Waals surface area contributed by atoms with Gasteiger partial charge in [-0.15, -0.1) is 0 Å². The van der Waals surface area contributed by atoms with Crippen LogP contribution in [0.3, 0.4) is 0 Å². The van der Waals surface area contributed by atoms with Gasteiger partial charge in [-0.3, -0.25) is 5.01 Å². The fraction of sp³-hybridized carbons (Fsp3) is 0.273. The molecule has 0 amide bonds. The predicted molar refractivity (Wildman–Crippen MR) is 70.5 cm³/mol. The van der Waals surface area contributed by atoms with Crippen molar-refractivity contribution >= 4 is 21.6 Å². The minimum atomic E-state index is -2.83. The Morgan fingerprint density at radius 3 is 2.63 bits per heavy atom. The van der Waals surface area contributed by atoms with Crippen LogP contribution in [0.4, 0.5) is 18.9 Å². The van der Waals surface area contributed by atoms with Gasteiger partial charge in [-0.1, -0.05) is 15.9 Å². The maximum Gasteiger partial charge on any atom is 0.279 e. The van der Waals surface area contributed by atoms with Gasteiger partial charge in [-0.25, -0.2) is 19.0 Å². The van der Waals surface area contributed by atoms with E-state index < -0.39 is 17.9 Å². The molecule has 0 atom stereocenters. The molecular weight excluding hydrogens is 327 g/mol. The number of anilines is 1. The Bertz CT molecular complexity index is 482. The summed E-state index contributed by atoms with van der Waals surface area (Å²) in [6.45, 7) is 0. The van der Waals surface area contributed by atoms with Crippen molar-refractivity contribution in [3.05, 3.63) is 35.4 Å². The van der Waals surface area contributed by atoms with Gasteiger partial charge in [0.05, 0.1) is 18.5 Å². The van der Waals surface area contributed by atoms with Crippen LogP contribution >= 0.6 is 15.9 Å². The fourth-order valence-electron chi connectivity index (χ4n) is 1.40. The summed E-state index contributed by atoms with van der Waals surface area (Å²) in [6.07, 6.45) is -1.99. The molecule has 4 N–H and O–H groups in total. The van der Waals surface area contributed by atoms with E-state index in [1.54, 1.807) is 0 Å². The van der Waals surface area contributed by atoms with Crippen LogP contribution in [0.1, 0.15) is 5.56 Å². The highest BCUT2D eigenvalue weighted by Gasteiger charge is 2.16. The van der Waals surface area contributed by atoms with Crippen LogP contribution < -0.4 is 21.3 Å². The van der Waals surface area contributed by atoms with Crippen LogP contribution in [0.5, 0.6) is 5.75 Å². The molecule has 0 bridgehead atoms. The molecule has 0 fully saturated rings. The minimum Gasteiger partial charge on any atom is -0.494 e. The second-order valence-corrected chi connectivity index (χ2v) is 4.11. The molecule has 0 aliphatic carbocycles. The molecule has 106 valence electrons. The molecule has 0 heterocycles. The first kappa shape index (κ1) is 15.6. The second-order valence-electron chi connectivity index (χ2n) is 3.55. The van der Waals surface area contributed by atoms with Crippen LogP contribution in [0, 0.1) is 5.82 Å². The Morgan fingerprint density at radius 1 is 1.53 bits per heavy atom.